The molecule has 2 aromatic carbocycles. The number of amides is 1. The van der Waals surface area contributed by atoms with Crippen molar-refractivity contribution in [1.82, 2.24) is 0 Å². The van der Waals surface area contributed by atoms with Crippen LogP contribution in [0, 0.1) is 5.82 Å². The largest absolute Gasteiger partial charge is 0.497 e. The Kier molecular flexibility index (Phi) is 5.73. The summed E-state index contributed by atoms with van der Waals surface area (Å²) in [7, 11) is 3.15. The maximum absolute atomic E-state index is 13.6. The van der Waals surface area contributed by atoms with Crippen LogP contribution in [0.4, 0.5) is 10.1 Å². The normalized spacial score (nSPS) is 17.0. The molecule has 3 rings (SSSR count). The molecule has 1 unspecified atom stereocenters. The van der Waals surface area contributed by atoms with Gasteiger partial charge in [0.25, 0.3) is 0 Å². The molecule has 4 nitrogen and oxygen atoms in total. The van der Waals surface area contributed by atoms with E-state index in [9.17, 15) is 9.18 Å². The minimum Gasteiger partial charge on any atom is -0.497 e. The smallest absolute Gasteiger partial charge is 0.238 e. The number of carbonyl (C=O) groups is 1. The Morgan fingerprint density at radius 2 is 2.04 bits per heavy atom. The van der Waals surface area contributed by atoms with Crippen LogP contribution in [0.2, 0.25) is 0 Å². The van der Waals surface area contributed by atoms with E-state index in [1.807, 2.05) is 6.07 Å². The van der Waals surface area contributed by atoms with Crippen LogP contribution >= 0.6 is 34.4 Å². The van der Waals surface area contributed by atoms with Crippen LogP contribution < -0.4 is 14.4 Å². The molecular weight excluding hydrogens is 456 g/mol. The standard InChI is InChI=1S/C18H17FINO3S/c1-23-13-4-6-15(16(8-13)24-2)21-17(22)10-25-18(21)14-5-3-12(19)7-11(14)9-20/h3-8,18H,9-10H2,1-2H3. The Morgan fingerprint density at radius 1 is 1.24 bits per heavy atom. The van der Waals surface area contributed by atoms with Gasteiger partial charge in [-0.1, -0.05) is 28.7 Å². The van der Waals surface area contributed by atoms with Crippen molar-refractivity contribution in [1.29, 1.82) is 0 Å². The molecule has 1 aliphatic heterocycles. The third-order valence-electron chi connectivity index (χ3n) is 4.03. The second kappa shape index (κ2) is 7.82. The molecule has 1 saturated heterocycles. The number of nitrogens with zero attached hydrogens (tertiary/aromatic N) is 1. The number of hydrogen-bond acceptors (Lipinski definition) is 4. The lowest BCUT2D eigenvalue weighted by atomic mass is 10.1. The van der Waals surface area contributed by atoms with E-state index >= 15 is 0 Å². The first kappa shape index (κ1) is 18.3. The average Bonchev–Trinajstić information content (AvgIpc) is 3.02. The van der Waals surface area contributed by atoms with Gasteiger partial charge in [-0.2, -0.15) is 0 Å². The van der Waals surface area contributed by atoms with Crippen molar-refractivity contribution in [3.63, 3.8) is 0 Å². The van der Waals surface area contributed by atoms with E-state index in [1.165, 1.54) is 23.9 Å². The summed E-state index contributed by atoms with van der Waals surface area (Å²) in [5, 5.41) is -0.208. The lowest BCUT2D eigenvalue weighted by Crippen LogP contribution is -2.28. The van der Waals surface area contributed by atoms with Crippen molar-refractivity contribution in [2.75, 3.05) is 24.9 Å². The third kappa shape index (κ3) is 3.57. The first-order chi connectivity index (χ1) is 12.1. The Hall–Kier alpha value is -1.48. The van der Waals surface area contributed by atoms with Crippen LogP contribution in [0.1, 0.15) is 16.5 Å². The van der Waals surface area contributed by atoms with Gasteiger partial charge in [0.05, 0.1) is 25.7 Å². The van der Waals surface area contributed by atoms with Gasteiger partial charge in [0, 0.05) is 10.5 Å². The zero-order chi connectivity index (χ0) is 18.0. The fraction of sp³-hybridized carbons (Fsp3) is 0.278. The lowest BCUT2D eigenvalue weighted by molar-refractivity contribution is -0.115. The zero-order valence-corrected chi connectivity index (χ0v) is 16.8. The minimum atomic E-state index is -0.265. The number of methoxy groups -OCH3 is 2. The summed E-state index contributed by atoms with van der Waals surface area (Å²) in [5.41, 5.74) is 2.53. The van der Waals surface area contributed by atoms with Crippen LogP contribution in [-0.4, -0.2) is 25.9 Å². The van der Waals surface area contributed by atoms with Crippen LogP contribution in [0.15, 0.2) is 36.4 Å². The number of thioether (sulfide) groups is 1. The number of alkyl halides is 1. The molecule has 25 heavy (non-hydrogen) atoms. The lowest BCUT2D eigenvalue weighted by Gasteiger charge is -2.27. The number of halogens is 2. The Labute approximate surface area is 163 Å². The molecular formula is C18H17FINO3S. The van der Waals surface area contributed by atoms with Crippen molar-refractivity contribution in [3.8, 4) is 11.5 Å². The highest BCUT2D eigenvalue weighted by Crippen LogP contribution is 2.46. The van der Waals surface area contributed by atoms with E-state index in [1.54, 1.807) is 37.3 Å². The average molecular weight is 473 g/mol. The van der Waals surface area contributed by atoms with Crippen LogP contribution in [0.3, 0.4) is 0 Å². The summed E-state index contributed by atoms with van der Waals surface area (Å²) in [6.07, 6.45) is 0. The first-order valence-electron chi connectivity index (χ1n) is 7.59. The Bertz CT molecular complexity index is 802. The van der Waals surface area contributed by atoms with Gasteiger partial charge in [-0.15, -0.1) is 11.8 Å². The maximum atomic E-state index is 13.6. The van der Waals surface area contributed by atoms with E-state index in [-0.39, 0.29) is 17.1 Å². The highest BCUT2D eigenvalue weighted by molar-refractivity contribution is 14.1. The van der Waals surface area contributed by atoms with Crippen molar-refractivity contribution >= 4 is 45.9 Å². The number of hydrogen-bond donors (Lipinski definition) is 0. The molecule has 0 N–H and O–H groups in total. The summed E-state index contributed by atoms with van der Waals surface area (Å²) in [6, 6.07) is 10.1. The molecule has 0 bridgehead atoms. The molecule has 1 heterocycles. The molecule has 1 atom stereocenters. The molecule has 1 aliphatic rings. The highest BCUT2D eigenvalue weighted by Gasteiger charge is 2.36. The van der Waals surface area contributed by atoms with Gasteiger partial charge in [0.2, 0.25) is 5.91 Å². The summed E-state index contributed by atoms with van der Waals surface area (Å²) < 4.78 is 25.0. The summed E-state index contributed by atoms with van der Waals surface area (Å²) in [4.78, 5) is 14.3. The molecule has 132 valence electrons. The van der Waals surface area contributed by atoms with Gasteiger partial charge in [-0.3, -0.25) is 9.69 Å². The van der Waals surface area contributed by atoms with Crippen molar-refractivity contribution in [2.45, 2.75) is 9.80 Å². The molecule has 0 aliphatic carbocycles. The van der Waals surface area contributed by atoms with Crippen LogP contribution in [0.25, 0.3) is 0 Å². The number of benzene rings is 2. The van der Waals surface area contributed by atoms with Gasteiger partial charge in [0.1, 0.15) is 22.7 Å². The van der Waals surface area contributed by atoms with E-state index < -0.39 is 0 Å². The topological polar surface area (TPSA) is 38.8 Å². The molecule has 0 radical (unpaired) electrons. The fourth-order valence-corrected chi connectivity index (χ4v) is 4.72. The highest BCUT2D eigenvalue weighted by atomic mass is 127. The first-order valence-corrected chi connectivity index (χ1v) is 10.2. The SMILES string of the molecule is COc1ccc(N2C(=O)CSC2c2ccc(F)cc2CI)c(OC)c1. The van der Waals surface area contributed by atoms with E-state index in [0.29, 0.717) is 27.4 Å². The van der Waals surface area contributed by atoms with E-state index in [2.05, 4.69) is 22.6 Å². The Morgan fingerprint density at radius 3 is 2.72 bits per heavy atom. The van der Waals surface area contributed by atoms with Crippen LogP contribution in [-0.2, 0) is 9.22 Å². The number of rotatable bonds is 5. The molecule has 1 amide bonds. The summed E-state index contributed by atoms with van der Waals surface area (Å²) >= 11 is 3.75. The number of anilines is 1. The molecule has 1 fully saturated rings. The van der Waals surface area contributed by atoms with Crippen molar-refractivity contribution in [2.24, 2.45) is 0 Å². The molecule has 7 heteroatoms. The molecule has 0 spiro atoms. The predicted octanol–water partition coefficient (Wildman–Crippen LogP) is 4.56. The van der Waals surface area contributed by atoms with E-state index in [4.69, 9.17) is 9.47 Å². The monoisotopic (exact) mass is 473 g/mol. The fourth-order valence-electron chi connectivity index (χ4n) is 2.83. The van der Waals surface area contributed by atoms with E-state index in [0.717, 1.165) is 11.1 Å². The summed E-state index contributed by atoms with van der Waals surface area (Å²) in [6.45, 7) is 0. The maximum Gasteiger partial charge on any atom is 0.238 e. The minimum absolute atomic E-state index is 0.00204. The summed E-state index contributed by atoms with van der Waals surface area (Å²) in [5.74, 6) is 1.34. The molecule has 0 aromatic heterocycles. The van der Waals surface area contributed by atoms with Gasteiger partial charge in [-0.25, -0.2) is 4.39 Å². The number of ether oxygens (including phenoxy) is 2. The quantitative estimate of drug-likeness (QED) is 0.472. The zero-order valence-electron chi connectivity index (χ0n) is 13.8. The second-order valence-electron chi connectivity index (χ2n) is 5.44. The molecule has 0 saturated carbocycles. The second-order valence-corrected chi connectivity index (χ2v) is 7.27. The van der Waals surface area contributed by atoms with Crippen molar-refractivity contribution < 1.29 is 18.7 Å². The Balaban J connectivity index is 2.07. The molecule has 2 aromatic rings. The van der Waals surface area contributed by atoms with Crippen molar-refractivity contribution in [3.05, 3.63) is 53.3 Å². The number of carbonyl (C=O) groups excluding carboxylic acids is 1. The third-order valence-corrected chi connectivity index (χ3v) is 6.05. The van der Waals surface area contributed by atoms with Gasteiger partial charge in [-0.05, 0) is 35.4 Å². The van der Waals surface area contributed by atoms with Gasteiger partial charge < -0.3 is 9.47 Å². The van der Waals surface area contributed by atoms with Gasteiger partial charge >= 0.3 is 0 Å². The van der Waals surface area contributed by atoms with Gasteiger partial charge in [0.15, 0.2) is 0 Å². The predicted molar refractivity (Wildman–Crippen MR) is 106 cm³/mol. The van der Waals surface area contributed by atoms with Crippen LogP contribution in [0.5, 0.6) is 11.5 Å².